The number of para-hydroxylation sites is 1. The van der Waals surface area contributed by atoms with Gasteiger partial charge in [0.15, 0.2) is 0 Å². The summed E-state index contributed by atoms with van der Waals surface area (Å²) in [7, 11) is 0. The number of tetrazole rings is 1. The maximum atomic E-state index is 12.4. The first-order valence-corrected chi connectivity index (χ1v) is 8.51. The van der Waals surface area contributed by atoms with Gasteiger partial charge in [0, 0.05) is 0 Å². The Morgan fingerprint density at radius 2 is 2.00 bits per heavy atom. The molecule has 0 radical (unpaired) electrons. The van der Waals surface area contributed by atoms with Crippen LogP contribution in [0.15, 0.2) is 53.7 Å². The van der Waals surface area contributed by atoms with E-state index in [2.05, 4.69) is 20.8 Å². The molecule has 130 valence electrons. The van der Waals surface area contributed by atoms with E-state index in [1.165, 1.54) is 28.6 Å². The molecule has 0 saturated heterocycles. The van der Waals surface area contributed by atoms with Crippen LogP contribution >= 0.6 is 11.8 Å². The largest absolute Gasteiger partial charge is 0.508 e. The lowest BCUT2D eigenvalue weighted by molar-refractivity contribution is -0.115. The lowest BCUT2D eigenvalue weighted by Gasteiger charge is -2.12. The highest BCUT2D eigenvalue weighted by atomic mass is 32.2. The molecule has 9 heteroatoms. The Morgan fingerprint density at radius 1 is 1.27 bits per heavy atom. The zero-order valence-electron chi connectivity index (χ0n) is 13.7. The number of nitrogens with zero attached hydrogens (tertiary/aromatic N) is 5. The third kappa shape index (κ3) is 3.81. The van der Waals surface area contributed by atoms with Crippen molar-refractivity contribution < 1.29 is 9.90 Å². The number of carbonyl (C=O) groups is 1. The van der Waals surface area contributed by atoms with Crippen molar-refractivity contribution in [2.75, 3.05) is 5.32 Å². The highest BCUT2D eigenvalue weighted by Gasteiger charge is 2.20. The predicted molar refractivity (Wildman–Crippen MR) is 95.9 cm³/mol. The summed E-state index contributed by atoms with van der Waals surface area (Å²) < 4.78 is 1.48. The average Bonchev–Trinajstić information content (AvgIpc) is 3.10. The lowest BCUT2D eigenvalue weighted by Crippen LogP contribution is -2.23. The van der Waals surface area contributed by atoms with Gasteiger partial charge in [0.2, 0.25) is 11.1 Å². The second-order valence-electron chi connectivity index (χ2n) is 5.30. The number of amides is 1. The van der Waals surface area contributed by atoms with Gasteiger partial charge in [-0.05, 0) is 53.7 Å². The molecule has 26 heavy (non-hydrogen) atoms. The average molecular weight is 366 g/mol. The van der Waals surface area contributed by atoms with Gasteiger partial charge in [-0.2, -0.15) is 9.94 Å². The number of benzene rings is 2. The number of aromatic hydroxyl groups is 1. The van der Waals surface area contributed by atoms with Gasteiger partial charge in [-0.25, -0.2) is 0 Å². The first-order valence-electron chi connectivity index (χ1n) is 7.63. The molecule has 1 atom stereocenters. The van der Waals surface area contributed by atoms with Crippen molar-refractivity contribution >= 4 is 23.4 Å². The van der Waals surface area contributed by atoms with Crippen molar-refractivity contribution in [2.45, 2.75) is 17.3 Å². The molecule has 2 aromatic carbocycles. The first-order chi connectivity index (χ1) is 12.6. The second kappa shape index (κ2) is 7.67. The molecule has 0 unspecified atom stereocenters. The third-order valence-electron chi connectivity index (χ3n) is 3.49. The zero-order valence-corrected chi connectivity index (χ0v) is 14.5. The quantitative estimate of drug-likeness (QED) is 0.666. The normalized spacial score (nSPS) is 11.5. The lowest BCUT2D eigenvalue weighted by atomic mass is 10.2. The highest BCUT2D eigenvalue weighted by Crippen LogP contribution is 2.25. The third-order valence-corrected chi connectivity index (χ3v) is 4.53. The summed E-state index contributed by atoms with van der Waals surface area (Å²) in [5.41, 5.74) is 1.52. The van der Waals surface area contributed by atoms with Crippen LogP contribution in [0.4, 0.5) is 5.69 Å². The number of nitrogens with one attached hydrogen (secondary N) is 1. The van der Waals surface area contributed by atoms with Crippen molar-refractivity contribution in [3.05, 3.63) is 54.1 Å². The number of nitriles is 1. The van der Waals surface area contributed by atoms with E-state index < -0.39 is 5.25 Å². The molecule has 0 saturated carbocycles. The Kier molecular flexibility index (Phi) is 5.15. The molecule has 3 rings (SSSR count). The molecule has 1 aromatic heterocycles. The van der Waals surface area contributed by atoms with E-state index in [-0.39, 0.29) is 11.7 Å². The summed E-state index contributed by atoms with van der Waals surface area (Å²) in [6.07, 6.45) is 0. The highest BCUT2D eigenvalue weighted by molar-refractivity contribution is 8.00. The van der Waals surface area contributed by atoms with E-state index in [9.17, 15) is 9.90 Å². The van der Waals surface area contributed by atoms with Gasteiger partial charge in [-0.3, -0.25) is 4.79 Å². The van der Waals surface area contributed by atoms with Crippen LogP contribution in [-0.2, 0) is 4.79 Å². The fraction of sp³-hybridized carbons (Fsp3) is 0.118. The van der Waals surface area contributed by atoms with E-state index >= 15 is 0 Å². The second-order valence-corrected chi connectivity index (χ2v) is 6.60. The number of aromatic nitrogens is 4. The summed E-state index contributed by atoms with van der Waals surface area (Å²) >= 11 is 1.19. The number of thioether (sulfide) groups is 1. The minimum Gasteiger partial charge on any atom is -0.508 e. The fourth-order valence-electron chi connectivity index (χ4n) is 2.14. The van der Waals surface area contributed by atoms with Crippen LogP contribution in [0.2, 0.25) is 0 Å². The monoisotopic (exact) mass is 366 g/mol. The van der Waals surface area contributed by atoms with Crippen molar-refractivity contribution in [1.82, 2.24) is 20.2 Å². The van der Waals surface area contributed by atoms with Crippen LogP contribution in [0.25, 0.3) is 5.69 Å². The Hall–Kier alpha value is -3.38. The van der Waals surface area contributed by atoms with E-state index in [1.54, 1.807) is 43.3 Å². The van der Waals surface area contributed by atoms with Gasteiger partial charge in [-0.1, -0.05) is 23.9 Å². The molecule has 0 aliphatic carbocycles. The van der Waals surface area contributed by atoms with Gasteiger partial charge in [0.1, 0.15) is 11.8 Å². The molecule has 1 heterocycles. The Labute approximate surface area is 153 Å². The summed E-state index contributed by atoms with van der Waals surface area (Å²) in [5, 5.41) is 32.7. The molecule has 2 N–H and O–H groups in total. The number of phenolic OH excluding ortho intramolecular Hbond substituents is 1. The number of carbonyl (C=O) groups excluding carboxylic acids is 1. The molecule has 0 bridgehead atoms. The van der Waals surface area contributed by atoms with Crippen LogP contribution in [0.5, 0.6) is 5.75 Å². The molecule has 0 spiro atoms. The summed E-state index contributed by atoms with van der Waals surface area (Å²) in [5.74, 6) is -0.127. The van der Waals surface area contributed by atoms with Crippen LogP contribution in [0.1, 0.15) is 12.5 Å². The molecule has 3 aromatic rings. The van der Waals surface area contributed by atoms with E-state index in [0.29, 0.717) is 22.1 Å². The first kappa shape index (κ1) is 17.4. The summed E-state index contributed by atoms with van der Waals surface area (Å²) in [4.78, 5) is 12.4. The zero-order chi connectivity index (χ0) is 18.5. The molecule has 8 nitrogen and oxygen atoms in total. The van der Waals surface area contributed by atoms with Gasteiger partial charge < -0.3 is 10.4 Å². The van der Waals surface area contributed by atoms with Gasteiger partial charge in [-0.15, -0.1) is 5.10 Å². The number of phenols is 1. The van der Waals surface area contributed by atoms with Crippen LogP contribution in [0, 0.1) is 11.3 Å². The van der Waals surface area contributed by atoms with Crippen molar-refractivity contribution in [3.8, 4) is 17.5 Å². The molecular weight excluding hydrogens is 352 g/mol. The van der Waals surface area contributed by atoms with E-state index in [0.717, 1.165) is 0 Å². The molecule has 0 aliphatic heterocycles. The SMILES string of the molecule is C[C@@H](Sc1nnnn1-c1ccc(O)cc1)C(=O)Nc1ccccc1C#N. The van der Waals surface area contributed by atoms with Gasteiger partial charge in [0.05, 0.1) is 22.2 Å². The standard InChI is InChI=1S/C17H14N6O2S/c1-11(16(25)19-15-5-3-2-4-12(15)10-18)26-17-20-21-22-23(17)13-6-8-14(24)9-7-13/h2-9,11,24H,1H3,(H,19,25)/t11-/m1/s1. The van der Waals surface area contributed by atoms with Gasteiger partial charge in [0.25, 0.3) is 0 Å². The summed E-state index contributed by atoms with van der Waals surface area (Å²) in [6, 6.07) is 15.2. The number of hydrogen-bond donors (Lipinski definition) is 2. The van der Waals surface area contributed by atoms with Gasteiger partial charge >= 0.3 is 0 Å². The van der Waals surface area contributed by atoms with Crippen molar-refractivity contribution in [1.29, 1.82) is 5.26 Å². The predicted octanol–water partition coefficient (Wildman–Crippen LogP) is 2.36. The van der Waals surface area contributed by atoms with Crippen LogP contribution in [-0.4, -0.2) is 36.5 Å². The number of rotatable bonds is 5. The van der Waals surface area contributed by atoms with E-state index in [1.807, 2.05) is 6.07 Å². The number of hydrogen-bond acceptors (Lipinski definition) is 7. The van der Waals surface area contributed by atoms with E-state index in [4.69, 9.17) is 5.26 Å². The van der Waals surface area contributed by atoms with Crippen molar-refractivity contribution in [3.63, 3.8) is 0 Å². The smallest absolute Gasteiger partial charge is 0.237 e. The van der Waals surface area contributed by atoms with Crippen LogP contribution in [0.3, 0.4) is 0 Å². The minimum atomic E-state index is -0.497. The maximum Gasteiger partial charge on any atom is 0.237 e. The minimum absolute atomic E-state index is 0.139. The number of anilines is 1. The fourth-order valence-corrected chi connectivity index (χ4v) is 2.95. The summed E-state index contributed by atoms with van der Waals surface area (Å²) in [6.45, 7) is 1.73. The maximum absolute atomic E-state index is 12.4. The topological polar surface area (TPSA) is 117 Å². The van der Waals surface area contributed by atoms with Crippen LogP contribution < -0.4 is 5.32 Å². The Balaban J connectivity index is 1.73. The molecular formula is C17H14N6O2S. The molecule has 1 amide bonds. The Morgan fingerprint density at radius 3 is 2.73 bits per heavy atom. The molecule has 0 fully saturated rings. The molecule has 0 aliphatic rings. The Bertz CT molecular complexity index is 964. The van der Waals surface area contributed by atoms with Crippen molar-refractivity contribution in [2.24, 2.45) is 0 Å².